The first-order chi connectivity index (χ1) is 12.9. The molecule has 0 spiro atoms. The molecule has 27 heavy (non-hydrogen) atoms. The zero-order valence-corrected chi connectivity index (χ0v) is 16.5. The van der Waals surface area contributed by atoms with Gasteiger partial charge in [-0.3, -0.25) is 14.4 Å². The fraction of sp³-hybridized carbons (Fsp3) is 0.550. The zero-order valence-electron chi connectivity index (χ0n) is 16.5. The van der Waals surface area contributed by atoms with E-state index < -0.39 is 6.04 Å². The number of benzene rings is 1. The fourth-order valence-corrected chi connectivity index (χ4v) is 3.15. The topological polar surface area (TPSA) is 82.9 Å². The number of carbonyl (C=O) groups is 3. The second-order valence-electron chi connectivity index (χ2n) is 7.10. The third-order valence-corrected chi connectivity index (χ3v) is 4.84. The van der Waals surface area contributed by atoms with E-state index in [9.17, 15) is 14.4 Å². The summed E-state index contributed by atoms with van der Waals surface area (Å²) in [5.74, 6) is -0.165. The van der Waals surface area contributed by atoms with Gasteiger partial charge in [0.05, 0.1) is 26.2 Å². The highest BCUT2D eigenvalue weighted by molar-refractivity contribution is 5.94. The number of hydrogen-bond acceptors (Lipinski definition) is 4. The molecule has 0 unspecified atom stereocenters. The number of hydrogen-bond donors (Lipinski definition) is 3. The molecular formula is C20H31N4O3+. The Kier molecular flexibility index (Phi) is 7.79. The molecule has 0 saturated carbocycles. The first kappa shape index (κ1) is 20.9. The molecule has 1 fully saturated rings. The molecule has 2 rings (SSSR count). The summed E-state index contributed by atoms with van der Waals surface area (Å²) in [6, 6.07) is 7.16. The molecule has 0 aliphatic carbocycles. The third kappa shape index (κ3) is 6.36. The van der Waals surface area contributed by atoms with Crippen molar-refractivity contribution in [1.82, 2.24) is 10.6 Å². The van der Waals surface area contributed by atoms with Crippen molar-refractivity contribution in [2.45, 2.75) is 33.2 Å². The Morgan fingerprint density at radius 2 is 1.78 bits per heavy atom. The average molecular weight is 375 g/mol. The van der Waals surface area contributed by atoms with Crippen LogP contribution in [0.25, 0.3) is 0 Å². The van der Waals surface area contributed by atoms with E-state index in [4.69, 9.17) is 0 Å². The summed E-state index contributed by atoms with van der Waals surface area (Å²) in [7, 11) is 0. The van der Waals surface area contributed by atoms with Crippen LogP contribution in [-0.4, -0.2) is 62.9 Å². The molecule has 1 aromatic rings. The summed E-state index contributed by atoms with van der Waals surface area (Å²) in [4.78, 5) is 38.9. The van der Waals surface area contributed by atoms with Crippen molar-refractivity contribution >= 4 is 23.3 Å². The van der Waals surface area contributed by atoms with Gasteiger partial charge in [0.15, 0.2) is 12.3 Å². The number of anilines is 1. The molecule has 3 N–H and O–H groups in total. The van der Waals surface area contributed by atoms with Crippen LogP contribution in [0.15, 0.2) is 24.3 Å². The monoisotopic (exact) mass is 375 g/mol. The van der Waals surface area contributed by atoms with Gasteiger partial charge in [0, 0.05) is 17.8 Å². The van der Waals surface area contributed by atoms with Crippen LogP contribution in [0.4, 0.5) is 5.69 Å². The largest absolute Gasteiger partial charge is 0.360 e. The van der Waals surface area contributed by atoms with E-state index in [1.54, 1.807) is 13.8 Å². The number of amides is 2. The highest BCUT2D eigenvalue weighted by Gasteiger charge is 2.24. The van der Waals surface area contributed by atoms with E-state index in [1.165, 1.54) is 4.90 Å². The van der Waals surface area contributed by atoms with Crippen LogP contribution in [0.1, 0.15) is 37.6 Å². The second-order valence-corrected chi connectivity index (χ2v) is 7.10. The van der Waals surface area contributed by atoms with Crippen LogP contribution >= 0.6 is 0 Å². The maximum Gasteiger partial charge on any atom is 0.275 e. The summed E-state index contributed by atoms with van der Waals surface area (Å²) < 4.78 is 0. The summed E-state index contributed by atoms with van der Waals surface area (Å²) in [5.41, 5.74) is 1.82. The molecule has 1 saturated heterocycles. The maximum absolute atomic E-state index is 12.2. The second kappa shape index (κ2) is 10.1. The van der Waals surface area contributed by atoms with Crippen molar-refractivity contribution in [3.8, 4) is 0 Å². The van der Waals surface area contributed by atoms with E-state index in [0.29, 0.717) is 13.1 Å². The predicted molar refractivity (Wildman–Crippen MR) is 105 cm³/mol. The van der Waals surface area contributed by atoms with Crippen molar-refractivity contribution in [2.75, 3.05) is 44.2 Å². The van der Waals surface area contributed by atoms with Crippen molar-refractivity contribution in [3.05, 3.63) is 29.8 Å². The molecule has 0 aromatic heterocycles. The van der Waals surface area contributed by atoms with Crippen molar-refractivity contribution in [2.24, 2.45) is 0 Å². The van der Waals surface area contributed by atoms with Crippen LogP contribution in [-0.2, 0) is 9.59 Å². The predicted octanol–water partition coefficient (Wildman–Crippen LogP) is -0.375. The molecule has 1 aromatic carbocycles. The third-order valence-electron chi connectivity index (χ3n) is 4.84. The van der Waals surface area contributed by atoms with Gasteiger partial charge in [-0.2, -0.15) is 0 Å². The molecule has 7 heteroatoms. The fourth-order valence-electron chi connectivity index (χ4n) is 3.15. The molecule has 2 amide bonds. The lowest BCUT2D eigenvalue weighted by Gasteiger charge is -2.33. The Morgan fingerprint density at radius 3 is 2.33 bits per heavy atom. The number of ketones is 1. The molecule has 1 aliphatic heterocycles. The Morgan fingerprint density at radius 1 is 1.15 bits per heavy atom. The van der Waals surface area contributed by atoms with Gasteiger partial charge < -0.3 is 20.4 Å². The molecule has 1 atom stereocenters. The smallest absolute Gasteiger partial charge is 0.275 e. The minimum Gasteiger partial charge on any atom is -0.360 e. The number of quaternary nitrogens is 1. The van der Waals surface area contributed by atoms with E-state index in [1.807, 2.05) is 31.2 Å². The van der Waals surface area contributed by atoms with E-state index in [0.717, 1.165) is 43.9 Å². The van der Waals surface area contributed by atoms with Crippen LogP contribution in [0.2, 0.25) is 0 Å². The van der Waals surface area contributed by atoms with Crippen LogP contribution in [0.3, 0.4) is 0 Å². The molecule has 148 valence electrons. The highest BCUT2D eigenvalue weighted by atomic mass is 16.2. The summed E-state index contributed by atoms with van der Waals surface area (Å²) >= 11 is 0. The van der Waals surface area contributed by atoms with Crippen molar-refractivity contribution in [1.29, 1.82) is 0 Å². The Bertz CT molecular complexity index is 652. The lowest BCUT2D eigenvalue weighted by Crippen LogP contribution is -3.16. The molecule has 0 bridgehead atoms. The van der Waals surface area contributed by atoms with Gasteiger partial charge in [-0.25, -0.2) is 0 Å². The van der Waals surface area contributed by atoms with Crippen molar-refractivity contribution in [3.63, 3.8) is 0 Å². The lowest BCUT2D eigenvalue weighted by molar-refractivity contribution is -0.892. The Hall–Kier alpha value is -2.41. The molecule has 1 heterocycles. The Balaban J connectivity index is 1.76. The lowest BCUT2D eigenvalue weighted by atomic mass is 10.1. The summed E-state index contributed by atoms with van der Waals surface area (Å²) in [6.45, 7) is 9.70. The van der Waals surface area contributed by atoms with Gasteiger partial charge in [0.2, 0.25) is 5.91 Å². The maximum atomic E-state index is 12.2. The number of nitrogens with one attached hydrogen (secondary N) is 3. The minimum atomic E-state index is -0.510. The number of piperazine rings is 1. The zero-order chi connectivity index (χ0) is 19.8. The molecule has 0 radical (unpaired) electrons. The van der Waals surface area contributed by atoms with E-state index in [-0.39, 0.29) is 17.6 Å². The van der Waals surface area contributed by atoms with Gasteiger partial charge in [-0.1, -0.05) is 6.92 Å². The summed E-state index contributed by atoms with van der Waals surface area (Å²) in [5, 5.41) is 5.57. The number of rotatable bonds is 8. The van der Waals surface area contributed by atoms with Gasteiger partial charge >= 0.3 is 0 Å². The minimum absolute atomic E-state index is 0.0689. The Labute approximate surface area is 161 Å². The number of nitrogens with zero attached hydrogens (tertiary/aromatic N) is 1. The van der Waals surface area contributed by atoms with Gasteiger partial charge in [0.25, 0.3) is 5.91 Å². The number of Topliss-reactive ketones (excluding diaryl/α,β-unsaturated/α-hetero) is 1. The SMILES string of the molecule is CCCNC(=O)[C@@H](C)NC(=O)C[NH+]1CCN(c2ccc(C(C)=O)cc2)CC1. The molecular weight excluding hydrogens is 344 g/mol. The van der Waals surface area contributed by atoms with Gasteiger partial charge in [-0.05, 0) is 44.5 Å². The first-order valence-electron chi connectivity index (χ1n) is 9.67. The van der Waals surface area contributed by atoms with Crippen LogP contribution < -0.4 is 20.4 Å². The number of carbonyl (C=O) groups excluding carboxylic acids is 3. The van der Waals surface area contributed by atoms with Crippen LogP contribution in [0, 0.1) is 0 Å². The normalized spacial score (nSPS) is 15.9. The quantitative estimate of drug-likeness (QED) is 0.541. The van der Waals surface area contributed by atoms with Crippen molar-refractivity contribution < 1.29 is 19.3 Å². The molecule has 7 nitrogen and oxygen atoms in total. The van der Waals surface area contributed by atoms with E-state index >= 15 is 0 Å². The summed E-state index contributed by atoms with van der Waals surface area (Å²) in [6.07, 6.45) is 0.873. The standard InChI is InChI=1S/C20H30N4O3/c1-4-9-21-20(27)15(2)22-19(26)14-23-10-12-24(13-11-23)18-7-5-17(6-8-18)16(3)25/h5-8,15H,4,9-14H2,1-3H3,(H,21,27)(H,22,26)/p+1/t15-/m1/s1. The molecule has 1 aliphatic rings. The van der Waals surface area contributed by atoms with Gasteiger partial charge in [-0.15, -0.1) is 0 Å². The highest BCUT2D eigenvalue weighted by Crippen LogP contribution is 2.15. The first-order valence-corrected chi connectivity index (χ1v) is 9.67. The average Bonchev–Trinajstić information content (AvgIpc) is 2.66. The van der Waals surface area contributed by atoms with Gasteiger partial charge in [0.1, 0.15) is 6.04 Å². The van der Waals surface area contributed by atoms with E-state index in [2.05, 4.69) is 15.5 Å². The van der Waals surface area contributed by atoms with Crippen LogP contribution in [0.5, 0.6) is 0 Å².